The van der Waals surface area contributed by atoms with Crippen molar-refractivity contribution in [2.75, 3.05) is 13.7 Å². The predicted molar refractivity (Wildman–Crippen MR) is 65.1 cm³/mol. The van der Waals surface area contributed by atoms with Gasteiger partial charge in [0.1, 0.15) is 5.75 Å². The number of ether oxygens (including phenoxy) is 1. The Morgan fingerprint density at radius 3 is 2.44 bits per heavy atom. The van der Waals surface area contributed by atoms with Crippen LogP contribution in [0.25, 0.3) is 0 Å². The average molecular weight is 249 g/mol. The van der Waals surface area contributed by atoms with Crippen molar-refractivity contribution in [3.8, 4) is 5.75 Å². The summed E-state index contributed by atoms with van der Waals surface area (Å²) in [6, 6.07) is 4.58. The number of hydrogen-bond acceptors (Lipinski definition) is 3. The van der Waals surface area contributed by atoms with Crippen LogP contribution in [-0.4, -0.2) is 41.6 Å². The monoisotopic (exact) mass is 249 g/mol. The third-order valence-corrected chi connectivity index (χ3v) is 3.22. The van der Waals surface area contributed by atoms with Crippen molar-refractivity contribution in [1.82, 2.24) is 4.90 Å². The number of likely N-dealkylation sites (tertiary alicyclic amines) is 1. The molecule has 1 fully saturated rings. The molecule has 0 aromatic heterocycles. The number of nitrogens with zero attached hydrogens (tertiary/aromatic N) is 1. The molecule has 1 heterocycles. The summed E-state index contributed by atoms with van der Waals surface area (Å²) in [5.74, 6) is -0.832. The Labute approximate surface area is 105 Å². The van der Waals surface area contributed by atoms with Gasteiger partial charge in [0.2, 0.25) is 0 Å². The van der Waals surface area contributed by atoms with E-state index in [2.05, 4.69) is 0 Å². The first-order valence-electron chi connectivity index (χ1n) is 5.76. The lowest BCUT2D eigenvalue weighted by Crippen LogP contribution is -2.49. The van der Waals surface area contributed by atoms with Crippen molar-refractivity contribution in [3.05, 3.63) is 29.3 Å². The number of methoxy groups -OCH3 is 1. The number of amides is 1. The van der Waals surface area contributed by atoms with Gasteiger partial charge in [-0.3, -0.25) is 4.79 Å². The van der Waals surface area contributed by atoms with Crippen molar-refractivity contribution in [2.45, 2.75) is 19.4 Å². The molecule has 96 valence electrons. The zero-order valence-electron chi connectivity index (χ0n) is 10.3. The summed E-state index contributed by atoms with van der Waals surface area (Å²) in [6.45, 7) is 2.69. The minimum atomic E-state index is -1.07. The van der Waals surface area contributed by atoms with Gasteiger partial charge in [-0.2, -0.15) is 0 Å². The van der Waals surface area contributed by atoms with Crippen LogP contribution < -0.4 is 4.74 Å². The molecule has 0 aliphatic carbocycles. The molecule has 2 rings (SSSR count). The summed E-state index contributed by atoms with van der Waals surface area (Å²) in [5, 5.41) is 8.99. The highest BCUT2D eigenvalue weighted by Crippen LogP contribution is 2.23. The number of carbonyl (C=O) groups is 2. The molecule has 1 aliphatic heterocycles. The Balaban J connectivity index is 2.34. The van der Waals surface area contributed by atoms with Gasteiger partial charge in [-0.1, -0.05) is 0 Å². The summed E-state index contributed by atoms with van der Waals surface area (Å²) >= 11 is 0. The first-order chi connectivity index (χ1) is 8.52. The van der Waals surface area contributed by atoms with Gasteiger partial charge in [0.25, 0.3) is 5.91 Å². The molecule has 1 atom stereocenters. The van der Waals surface area contributed by atoms with Gasteiger partial charge in [-0.25, -0.2) is 4.79 Å². The van der Waals surface area contributed by atoms with E-state index in [1.807, 2.05) is 6.92 Å². The molecule has 5 heteroatoms. The van der Waals surface area contributed by atoms with Crippen LogP contribution in [0.2, 0.25) is 0 Å². The fourth-order valence-corrected chi connectivity index (χ4v) is 1.95. The van der Waals surface area contributed by atoms with Gasteiger partial charge in [-0.05, 0) is 31.5 Å². The van der Waals surface area contributed by atoms with E-state index in [9.17, 15) is 9.59 Å². The van der Waals surface area contributed by atoms with Gasteiger partial charge in [0.05, 0.1) is 12.7 Å². The Morgan fingerprint density at radius 1 is 1.33 bits per heavy atom. The Bertz CT molecular complexity index is 498. The smallest absolute Gasteiger partial charge is 0.335 e. The Kier molecular flexibility index (Phi) is 3.23. The van der Waals surface area contributed by atoms with Crippen molar-refractivity contribution < 1.29 is 19.4 Å². The van der Waals surface area contributed by atoms with Gasteiger partial charge in [-0.15, -0.1) is 0 Å². The molecule has 1 aliphatic rings. The summed E-state index contributed by atoms with van der Waals surface area (Å²) in [6.07, 6.45) is 0.988. The minimum absolute atomic E-state index is 0.0610. The highest BCUT2D eigenvalue weighted by Gasteiger charge is 2.29. The minimum Gasteiger partial charge on any atom is -0.497 e. The molecule has 0 spiro atoms. The molecule has 0 radical (unpaired) electrons. The molecule has 0 unspecified atom stereocenters. The summed E-state index contributed by atoms with van der Waals surface area (Å²) in [5.41, 5.74) is 0.421. The van der Waals surface area contributed by atoms with Crippen molar-refractivity contribution >= 4 is 11.9 Å². The molecule has 18 heavy (non-hydrogen) atoms. The molecule has 1 N–H and O–H groups in total. The number of benzene rings is 1. The van der Waals surface area contributed by atoms with Crippen LogP contribution in [0.5, 0.6) is 5.75 Å². The second-order valence-electron chi connectivity index (χ2n) is 4.39. The summed E-state index contributed by atoms with van der Waals surface area (Å²) in [7, 11) is 1.45. The van der Waals surface area contributed by atoms with E-state index in [0.717, 1.165) is 13.0 Å². The van der Waals surface area contributed by atoms with E-state index < -0.39 is 5.97 Å². The maximum Gasteiger partial charge on any atom is 0.335 e. The number of carboxylic acid groups (broad SMARTS) is 1. The van der Waals surface area contributed by atoms with Crippen LogP contribution in [0.15, 0.2) is 18.2 Å². The average Bonchev–Trinajstić information content (AvgIpc) is 2.36. The van der Waals surface area contributed by atoms with Gasteiger partial charge in [0, 0.05) is 18.2 Å². The second kappa shape index (κ2) is 4.68. The molecular formula is C13H15NO4. The number of carbonyl (C=O) groups excluding carboxylic acids is 1. The third kappa shape index (κ3) is 2.16. The molecule has 1 amide bonds. The third-order valence-electron chi connectivity index (χ3n) is 3.22. The van der Waals surface area contributed by atoms with Crippen molar-refractivity contribution in [1.29, 1.82) is 0 Å². The number of hydrogen-bond donors (Lipinski definition) is 1. The van der Waals surface area contributed by atoms with Crippen LogP contribution in [0.3, 0.4) is 0 Å². The molecular weight excluding hydrogens is 234 g/mol. The lowest BCUT2D eigenvalue weighted by Gasteiger charge is -2.38. The number of carboxylic acids is 1. The van der Waals surface area contributed by atoms with Crippen molar-refractivity contribution in [2.24, 2.45) is 0 Å². The molecule has 1 saturated heterocycles. The van der Waals surface area contributed by atoms with Crippen molar-refractivity contribution in [3.63, 3.8) is 0 Å². The van der Waals surface area contributed by atoms with Gasteiger partial charge < -0.3 is 14.7 Å². The normalized spacial score (nSPS) is 18.1. The summed E-state index contributed by atoms with van der Waals surface area (Å²) in [4.78, 5) is 24.9. The zero-order valence-corrected chi connectivity index (χ0v) is 10.3. The maximum atomic E-state index is 12.2. The number of aromatic carboxylic acids is 1. The van der Waals surface area contributed by atoms with E-state index in [0.29, 0.717) is 11.3 Å². The topological polar surface area (TPSA) is 66.8 Å². The van der Waals surface area contributed by atoms with Crippen LogP contribution >= 0.6 is 0 Å². The lowest BCUT2D eigenvalue weighted by atomic mass is 10.0. The predicted octanol–water partition coefficient (Wildman–Crippen LogP) is 1.63. The van der Waals surface area contributed by atoms with Crippen LogP contribution in [0.4, 0.5) is 0 Å². The first-order valence-corrected chi connectivity index (χ1v) is 5.76. The van der Waals surface area contributed by atoms with Gasteiger partial charge in [0.15, 0.2) is 0 Å². The van der Waals surface area contributed by atoms with E-state index >= 15 is 0 Å². The molecule has 1 aromatic carbocycles. The first kappa shape index (κ1) is 12.4. The molecule has 0 bridgehead atoms. The van der Waals surface area contributed by atoms with Crippen LogP contribution in [-0.2, 0) is 0 Å². The van der Waals surface area contributed by atoms with E-state index in [4.69, 9.17) is 9.84 Å². The fourth-order valence-electron chi connectivity index (χ4n) is 1.95. The fraction of sp³-hybridized carbons (Fsp3) is 0.385. The second-order valence-corrected chi connectivity index (χ2v) is 4.39. The maximum absolute atomic E-state index is 12.2. The molecule has 1 aromatic rings. The van der Waals surface area contributed by atoms with E-state index in [1.165, 1.54) is 19.2 Å². The molecule has 5 nitrogen and oxygen atoms in total. The highest BCUT2D eigenvalue weighted by molar-refractivity contribution is 5.98. The quantitative estimate of drug-likeness (QED) is 0.884. The Hall–Kier alpha value is -2.04. The van der Waals surface area contributed by atoms with Crippen LogP contribution in [0.1, 0.15) is 34.1 Å². The zero-order chi connectivity index (χ0) is 13.3. The summed E-state index contributed by atoms with van der Waals surface area (Å²) < 4.78 is 5.02. The lowest BCUT2D eigenvalue weighted by molar-refractivity contribution is 0.0502. The largest absolute Gasteiger partial charge is 0.497 e. The highest BCUT2D eigenvalue weighted by atomic mass is 16.5. The SMILES string of the molecule is COc1cc(C(=O)O)cc(C(=O)N2CC[C@H]2C)c1. The van der Waals surface area contributed by atoms with Gasteiger partial charge >= 0.3 is 5.97 Å². The standard InChI is InChI=1S/C13H15NO4/c1-8-3-4-14(8)12(15)9-5-10(13(16)17)7-11(6-9)18-2/h5-8H,3-4H2,1-2H3,(H,16,17)/t8-/m1/s1. The van der Waals surface area contributed by atoms with Crippen LogP contribution in [0, 0.1) is 0 Å². The molecule has 0 saturated carbocycles. The Morgan fingerprint density at radius 2 is 2.00 bits per heavy atom. The number of rotatable bonds is 3. The van der Waals surface area contributed by atoms with E-state index in [1.54, 1.807) is 11.0 Å². The van der Waals surface area contributed by atoms with E-state index in [-0.39, 0.29) is 17.5 Å².